The Labute approximate surface area is 163 Å². The lowest BCUT2D eigenvalue weighted by molar-refractivity contribution is -0.119. The average molecular weight is 413 g/mol. The van der Waals surface area contributed by atoms with Crippen molar-refractivity contribution >= 4 is 44.8 Å². The fourth-order valence-electron chi connectivity index (χ4n) is 2.98. The number of nitrogens with zero attached hydrogens (tertiary/aromatic N) is 1. The van der Waals surface area contributed by atoms with Crippen molar-refractivity contribution in [1.29, 1.82) is 0 Å². The maximum absolute atomic E-state index is 12.9. The van der Waals surface area contributed by atoms with Crippen LogP contribution in [0.3, 0.4) is 0 Å². The first kappa shape index (κ1) is 19.2. The fourth-order valence-corrected chi connectivity index (χ4v) is 4.93. The molecule has 0 bridgehead atoms. The maximum atomic E-state index is 12.9. The molecule has 1 saturated heterocycles. The number of hydrogen-bond acceptors (Lipinski definition) is 3. The highest BCUT2D eigenvalue weighted by molar-refractivity contribution is 7.89. The molecule has 1 N–H and O–H groups in total. The summed E-state index contributed by atoms with van der Waals surface area (Å²) in [6.45, 7) is 2.15. The molecule has 0 unspecified atom stereocenters. The molecule has 0 saturated carbocycles. The van der Waals surface area contributed by atoms with Gasteiger partial charge in [-0.05, 0) is 61.7 Å². The summed E-state index contributed by atoms with van der Waals surface area (Å²) in [4.78, 5) is 12.9. The average Bonchev–Trinajstić information content (AvgIpc) is 3.09. The van der Waals surface area contributed by atoms with Crippen molar-refractivity contribution in [2.75, 3.05) is 11.9 Å². The zero-order valence-corrected chi connectivity index (χ0v) is 16.4. The van der Waals surface area contributed by atoms with Crippen molar-refractivity contribution in [3.05, 3.63) is 58.1 Å². The number of nitrogens with one attached hydrogen (secondary N) is 1. The van der Waals surface area contributed by atoms with Gasteiger partial charge in [0, 0.05) is 22.3 Å². The number of amides is 1. The molecular weight excluding hydrogens is 395 g/mol. The predicted octanol–water partition coefficient (Wildman–Crippen LogP) is 4.09. The van der Waals surface area contributed by atoms with E-state index >= 15 is 0 Å². The number of halogens is 2. The van der Waals surface area contributed by atoms with Gasteiger partial charge in [0.1, 0.15) is 6.04 Å². The molecule has 5 nitrogen and oxygen atoms in total. The minimum absolute atomic E-state index is 0.125. The van der Waals surface area contributed by atoms with Gasteiger partial charge in [0.25, 0.3) is 0 Å². The number of rotatable bonds is 4. The quantitative estimate of drug-likeness (QED) is 0.821. The van der Waals surface area contributed by atoms with Gasteiger partial charge in [-0.25, -0.2) is 8.42 Å². The summed E-state index contributed by atoms with van der Waals surface area (Å²) in [6, 6.07) is 10.4. The third kappa shape index (κ3) is 3.88. The molecule has 8 heteroatoms. The third-order valence-electron chi connectivity index (χ3n) is 4.38. The van der Waals surface area contributed by atoms with Crippen LogP contribution in [0.25, 0.3) is 0 Å². The molecule has 1 amide bonds. The lowest BCUT2D eigenvalue weighted by atomic mass is 10.1. The van der Waals surface area contributed by atoms with Gasteiger partial charge in [0.05, 0.1) is 4.90 Å². The summed E-state index contributed by atoms with van der Waals surface area (Å²) >= 11 is 11.8. The largest absolute Gasteiger partial charge is 0.324 e. The Morgan fingerprint density at radius 1 is 1.12 bits per heavy atom. The van der Waals surface area contributed by atoms with Crippen molar-refractivity contribution in [1.82, 2.24) is 4.31 Å². The molecule has 0 spiro atoms. The molecule has 0 aromatic heterocycles. The number of benzene rings is 2. The van der Waals surface area contributed by atoms with Gasteiger partial charge in [0.15, 0.2) is 0 Å². The summed E-state index contributed by atoms with van der Waals surface area (Å²) in [5.41, 5.74) is 1.44. The molecule has 1 aliphatic rings. The third-order valence-corrected chi connectivity index (χ3v) is 6.79. The van der Waals surface area contributed by atoms with Gasteiger partial charge >= 0.3 is 0 Å². The van der Waals surface area contributed by atoms with Crippen LogP contribution < -0.4 is 5.32 Å². The second-order valence-electron chi connectivity index (χ2n) is 6.18. The minimum atomic E-state index is -3.77. The Morgan fingerprint density at radius 3 is 2.46 bits per heavy atom. The molecule has 26 heavy (non-hydrogen) atoms. The zero-order valence-electron chi connectivity index (χ0n) is 14.1. The maximum Gasteiger partial charge on any atom is 0.243 e. The van der Waals surface area contributed by atoms with Crippen LogP contribution in [-0.4, -0.2) is 31.2 Å². The van der Waals surface area contributed by atoms with Gasteiger partial charge in [-0.1, -0.05) is 29.3 Å². The van der Waals surface area contributed by atoms with E-state index in [9.17, 15) is 13.2 Å². The van der Waals surface area contributed by atoms with Crippen molar-refractivity contribution in [3.63, 3.8) is 0 Å². The van der Waals surface area contributed by atoms with Crippen molar-refractivity contribution in [2.24, 2.45) is 0 Å². The van der Waals surface area contributed by atoms with Crippen LogP contribution in [0.2, 0.25) is 10.0 Å². The Hall–Kier alpha value is -1.60. The van der Waals surface area contributed by atoms with E-state index in [1.165, 1.54) is 28.6 Å². The summed E-state index contributed by atoms with van der Waals surface area (Å²) in [7, 11) is -3.77. The highest BCUT2D eigenvalue weighted by atomic mass is 35.5. The molecule has 1 aliphatic heterocycles. The Balaban J connectivity index is 1.84. The monoisotopic (exact) mass is 412 g/mol. The van der Waals surface area contributed by atoms with Crippen LogP contribution in [0.15, 0.2) is 47.4 Å². The standard InChI is InChI=1S/C18H18Cl2N2O3S/c1-12-4-5-14(20)11-16(12)21-18(23)17-3-2-10-22(17)26(24,25)15-8-6-13(19)7-9-15/h4-9,11,17H,2-3,10H2,1H3,(H,21,23)/t17-/m1/s1. The van der Waals surface area contributed by atoms with Crippen molar-refractivity contribution in [3.8, 4) is 0 Å². The minimum Gasteiger partial charge on any atom is -0.324 e. The number of hydrogen-bond donors (Lipinski definition) is 1. The molecule has 0 radical (unpaired) electrons. The van der Waals surface area contributed by atoms with E-state index in [0.29, 0.717) is 35.1 Å². The smallest absolute Gasteiger partial charge is 0.243 e. The van der Waals surface area contributed by atoms with E-state index in [1.807, 2.05) is 6.92 Å². The van der Waals surface area contributed by atoms with E-state index in [4.69, 9.17) is 23.2 Å². The van der Waals surface area contributed by atoms with Crippen molar-refractivity contribution in [2.45, 2.75) is 30.7 Å². The summed E-state index contributed by atoms with van der Waals surface area (Å²) in [5.74, 6) is -0.356. The highest BCUT2D eigenvalue weighted by Gasteiger charge is 2.39. The fraction of sp³-hybridized carbons (Fsp3) is 0.278. The Kier molecular flexibility index (Phi) is 5.58. The number of carbonyl (C=O) groups excluding carboxylic acids is 1. The van der Waals surface area contributed by atoms with Crippen LogP contribution in [-0.2, 0) is 14.8 Å². The van der Waals surface area contributed by atoms with E-state index < -0.39 is 16.1 Å². The number of anilines is 1. The lowest BCUT2D eigenvalue weighted by Gasteiger charge is -2.23. The van der Waals surface area contributed by atoms with Crippen molar-refractivity contribution < 1.29 is 13.2 Å². The summed E-state index contributed by atoms with van der Waals surface area (Å²) < 4.78 is 27.1. The SMILES string of the molecule is Cc1ccc(Cl)cc1NC(=O)[C@H]1CCCN1S(=O)(=O)c1ccc(Cl)cc1. The first-order valence-corrected chi connectivity index (χ1v) is 10.3. The Morgan fingerprint density at radius 2 is 1.77 bits per heavy atom. The second kappa shape index (κ2) is 7.56. The van der Waals surface area contributed by atoms with Gasteiger partial charge in [-0.2, -0.15) is 4.31 Å². The van der Waals surface area contributed by atoms with Gasteiger partial charge < -0.3 is 5.32 Å². The van der Waals surface area contributed by atoms with Crippen LogP contribution in [0.4, 0.5) is 5.69 Å². The lowest BCUT2D eigenvalue weighted by Crippen LogP contribution is -2.43. The van der Waals surface area contributed by atoms with Crippen LogP contribution in [0.1, 0.15) is 18.4 Å². The molecule has 2 aromatic carbocycles. The highest BCUT2D eigenvalue weighted by Crippen LogP contribution is 2.28. The van der Waals surface area contributed by atoms with Gasteiger partial charge in [0.2, 0.25) is 15.9 Å². The number of aryl methyl sites for hydroxylation is 1. The van der Waals surface area contributed by atoms with Gasteiger partial charge in [-0.15, -0.1) is 0 Å². The molecular formula is C18H18Cl2N2O3S. The molecule has 1 heterocycles. The molecule has 0 aliphatic carbocycles. The topological polar surface area (TPSA) is 66.5 Å². The molecule has 1 atom stereocenters. The molecule has 3 rings (SSSR count). The van der Waals surface area contributed by atoms with E-state index in [0.717, 1.165) is 5.56 Å². The number of carbonyl (C=O) groups is 1. The van der Waals surface area contributed by atoms with E-state index in [1.54, 1.807) is 18.2 Å². The van der Waals surface area contributed by atoms with Crippen LogP contribution in [0.5, 0.6) is 0 Å². The number of sulfonamides is 1. The first-order valence-electron chi connectivity index (χ1n) is 8.13. The molecule has 1 fully saturated rings. The second-order valence-corrected chi connectivity index (χ2v) is 8.94. The Bertz CT molecular complexity index is 930. The van der Waals surface area contributed by atoms with E-state index in [2.05, 4.69) is 5.32 Å². The van der Waals surface area contributed by atoms with Crippen LogP contribution >= 0.6 is 23.2 Å². The van der Waals surface area contributed by atoms with Gasteiger partial charge in [-0.3, -0.25) is 4.79 Å². The normalized spacial score (nSPS) is 18.0. The first-order chi connectivity index (χ1) is 12.3. The summed E-state index contributed by atoms with van der Waals surface area (Å²) in [6.07, 6.45) is 1.09. The zero-order chi connectivity index (χ0) is 18.9. The summed E-state index contributed by atoms with van der Waals surface area (Å²) in [5, 5.41) is 3.76. The predicted molar refractivity (Wildman–Crippen MR) is 103 cm³/mol. The molecule has 2 aromatic rings. The van der Waals surface area contributed by atoms with E-state index in [-0.39, 0.29) is 10.8 Å². The molecule has 138 valence electrons. The van der Waals surface area contributed by atoms with Crippen LogP contribution in [0, 0.1) is 6.92 Å².